The Kier molecular flexibility index (Phi) is 5.23. The molecule has 0 aliphatic heterocycles. The summed E-state index contributed by atoms with van der Waals surface area (Å²) >= 11 is 5.43. The van der Waals surface area contributed by atoms with Gasteiger partial charge in [0.1, 0.15) is 6.07 Å². The number of aryl methyl sites for hydroxylation is 2. The number of ether oxygens (including phenoxy) is 1. The van der Waals surface area contributed by atoms with E-state index in [4.69, 9.17) is 16.3 Å². The van der Waals surface area contributed by atoms with Crippen molar-refractivity contribution in [2.24, 2.45) is 0 Å². The van der Waals surface area contributed by atoms with Crippen molar-refractivity contribution in [3.63, 3.8) is 0 Å². The first kappa shape index (κ1) is 11.8. The summed E-state index contributed by atoms with van der Waals surface area (Å²) in [6.07, 6.45) is 0. The minimum Gasteiger partial charge on any atom is -0.366 e. The minimum atomic E-state index is -0.158. The van der Waals surface area contributed by atoms with Crippen molar-refractivity contribution in [3.05, 3.63) is 29.3 Å². The summed E-state index contributed by atoms with van der Waals surface area (Å²) in [5, 5.41) is 1.53. The van der Waals surface area contributed by atoms with Crippen molar-refractivity contribution in [2.45, 2.75) is 19.9 Å². The molecule has 0 aliphatic rings. The van der Waals surface area contributed by atoms with Gasteiger partial charge in [0.05, 0.1) is 9.52 Å². The van der Waals surface area contributed by atoms with Crippen LogP contribution in [0.15, 0.2) is 18.2 Å². The number of benzene rings is 1. The third kappa shape index (κ3) is 4.27. The molecule has 0 radical (unpaired) electrons. The van der Waals surface area contributed by atoms with Crippen molar-refractivity contribution in [1.82, 2.24) is 0 Å². The molecule has 0 atom stereocenters. The summed E-state index contributed by atoms with van der Waals surface area (Å²) in [6.45, 7) is 5.11. The van der Waals surface area contributed by atoms with Gasteiger partial charge in [0.15, 0.2) is 0 Å². The summed E-state index contributed by atoms with van der Waals surface area (Å²) in [5.74, 6) is 0. The molecule has 0 N–H and O–H groups in total. The van der Waals surface area contributed by atoms with Crippen molar-refractivity contribution < 1.29 is 4.74 Å². The molecule has 0 saturated heterocycles. The van der Waals surface area contributed by atoms with Gasteiger partial charge >= 0.3 is 0 Å². The van der Waals surface area contributed by atoms with Gasteiger partial charge in [0, 0.05) is 6.61 Å². The average Bonchev–Trinajstić information content (AvgIpc) is 2.11. The van der Waals surface area contributed by atoms with E-state index < -0.39 is 0 Å². The number of hydrogen-bond acceptors (Lipinski definition) is 1. The van der Waals surface area contributed by atoms with Gasteiger partial charge in [0.25, 0.3) is 0 Å². The Morgan fingerprint density at radius 2 is 1.86 bits per heavy atom. The highest BCUT2D eigenvalue weighted by molar-refractivity contribution is 6.53. The molecule has 1 rings (SSSR count). The molecular weight excluding hydrogens is 212 g/mol. The molecule has 0 saturated carbocycles. The lowest BCUT2D eigenvalue weighted by Crippen LogP contribution is -2.16. The second-order valence-corrected chi connectivity index (χ2v) is 5.86. The van der Waals surface area contributed by atoms with Crippen molar-refractivity contribution in [2.75, 3.05) is 12.7 Å². The van der Waals surface area contributed by atoms with Crippen LogP contribution in [0.25, 0.3) is 0 Å². The fraction of sp³-hybridized carbons (Fsp3) is 0.455. The molecule has 0 unspecified atom stereocenters. The number of rotatable bonds is 5. The van der Waals surface area contributed by atoms with E-state index in [0.29, 0.717) is 6.07 Å². The predicted molar refractivity (Wildman–Crippen MR) is 65.6 cm³/mol. The normalized spacial score (nSPS) is 11.4. The second-order valence-electron chi connectivity index (χ2n) is 3.62. The highest BCUT2D eigenvalue weighted by Gasteiger charge is 1.96. The van der Waals surface area contributed by atoms with Crippen LogP contribution < -0.4 is 5.19 Å². The molecule has 1 nitrogen and oxygen atoms in total. The lowest BCUT2D eigenvalue weighted by atomic mass is 10.2. The van der Waals surface area contributed by atoms with E-state index >= 15 is 0 Å². The molecule has 0 aromatic heterocycles. The second kappa shape index (κ2) is 6.22. The van der Waals surface area contributed by atoms with E-state index in [1.54, 1.807) is 0 Å². The van der Waals surface area contributed by atoms with Crippen LogP contribution >= 0.6 is 11.6 Å². The Balaban J connectivity index is 2.42. The summed E-state index contributed by atoms with van der Waals surface area (Å²) < 4.78 is 5.12. The Hall–Kier alpha value is -0.313. The zero-order chi connectivity index (χ0) is 10.4. The van der Waals surface area contributed by atoms with Gasteiger partial charge in [-0.05, 0) is 19.9 Å². The molecule has 78 valence electrons. The SMILES string of the molecule is Cc1cc(C)cc([SiH2]CCOCCl)c1. The van der Waals surface area contributed by atoms with E-state index in [2.05, 4.69) is 32.0 Å². The summed E-state index contributed by atoms with van der Waals surface area (Å²) in [7, 11) is -0.158. The Morgan fingerprint density at radius 3 is 2.43 bits per heavy atom. The lowest BCUT2D eigenvalue weighted by molar-refractivity contribution is 0.195. The zero-order valence-corrected chi connectivity index (χ0v) is 11.0. The quantitative estimate of drug-likeness (QED) is 0.424. The van der Waals surface area contributed by atoms with Crippen LogP contribution in [0.1, 0.15) is 11.1 Å². The van der Waals surface area contributed by atoms with Crippen LogP contribution in [0.5, 0.6) is 0 Å². The van der Waals surface area contributed by atoms with Gasteiger partial charge in [-0.15, -0.1) is 0 Å². The molecule has 1 aromatic carbocycles. The molecule has 3 heteroatoms. The monoisotopic (exact) mass is 228 g/mol. The zero-order valence-electron chi connectivity index (χ0n) is 8.85. The molecule has 0 aliphatic carbocycles. The average molecular weight is 229 g/mol. The van der Waals surface area contributed by atoms with Crippen LogP contribution in [0.3, 0.4) is 0 Å². The van der Waals surface area contributed by atoms with E-state index in [9.17, 15) is 0 Å². The van der Waals surface area contributed by atoms with Gasteiger partial charge < -0.3 is 4.74 Å². The molecule has 0 spiro atoms. The lowest BCUT2D eigenvalue weighted by Gasteiger charge is -2.04. The first-order valence-electron chi connectivity index (χ1n) is 4.93. The topological polar surface area (TPSA) is 9.23 Å². The minimum absolute atomic E-state index is 0.158. The Labute approximate surface area is 93.2 Å². The molecule has 0 amide bonds. The van der Waals surface area contributed by atoms with E-state index in [-0.39, 0.29) is 9.52 Å². The summed E-state index contributed by atoms with van der Waals surface area (Å²) in [6, 6.07) is 8.30. The van der Waals surface area contributed by atoms with Gasteiger partial charge in [-0.2, -0.15) is 0 Å². The van der Waals surface area contributed by atoms with E-state index in [0.717, 1.165) is 6.61 Å². The Morgan fingerprint density at radius 1 is 1.21 bits per heavy atom. The fourth-order valence-electron chi connectivity index (χ4n) is 1.65. The number of hydrogen-bond donors (Lipinski definition) is 0. The standard InChI is InChI=1S/C11H17ClOSi/c1-9-5-10(2)7-11(6-9)14-4-3-13-8-12/h5-7H,3-4,8,14H2,1-2H3. The third-order valence-corrected chi connectivity index (χ3v) is 3.89. The van der Waals surface area contributed by atoms with Crippen LogP contribution in [-0.4, -0.2) is 22.2 Å². The first-order valence-corrected chi connectivity index (χ1v) is 7.17. The van der Waals surface area contributed by atoms with Gasteiger partial charge in [-0.3, -0.25) is 0 Å². The van der Waals surface area contributed by atoms with Gasteiger partial charge in [0.2, 0.25) is 0 Å². The largest absolute Gasteiger partial charge is 0.366 e. The summed E-state index contributed by atoms with van der Waals surface area (Å²) in [5.41, 5.74) is 2.73. The van der Waals surface area contributed by atoms with Gasteiger partial charge in [-0.25, -0.2) is 0 Å². The molecule has 14 heavy (non-hydrogen) atoms. The highest BCUT2D eigenvalue weighted by atomic mass is 35.5. The molecule has 0 bridgehead atoms. The molecule has 0 heterocycles. The van der Waals surface area contributed by atoms with Crippen LogP contribution in [0, 0.1) is 13.8 Å². The maximum absolute atomic E-state index is 5.43. The first-order chi connectivity index (χ1) is 6.72. The van der Waals surface area contributed by atoms with Crippen molar-refractivity contribution >= 4 is 26.3 Å². The Bertz CT molecular complexity index is 268. The molecular formula is C11H17ClOSi. The van der Waals surface area contributed by atoms with E-state index in [1.165, 1.54) is 22.4 Å². The van der Waals surface area contributed by atoms with Crippen molar-refractivity contribution in [1.29, 1.82) is 0 Å². The third-order valence-electron chi connectivity index (χ3n) is 2.11. The summed E-state index contributed by atoms with van der Waals surface area (Å²) in [4.78, 5) is 0. The van der Waals surface area contributed by atoms with Crippen molar-refractivity contribution in [3.8, 4) is 0 Å². The smallest absolute Gasteiger partial charge is 0.120 e. The maximum atomic E-state index is 5.43. The van der Waals surface area contributed by atoms with Crippen LogP contribution in [-0.2, 0) is 4.74 Å². The van der Waals surface area contributed by atoms with Gasteiger partial charge in [-0.1, -0.05) is 46.1 Å². The van der Waals surface area contributed by atoms with Crippen LogP contribution in [0.4, 0.5) is 0 Å². The predicted octanol–water partition coefficient (Wildman–Crippen LogP) is 1.73. The maximum Gasteiger partial charge on any atom is 0.120 e. The molecule has 1 aromatic rings. The fourth-order valence-corrected chi connectivity index (χ4v) is 3.44. The van der Waals surface area contributed by atoms with E-state index in [1.807, 2.05) is 0 Å². The highest BCUT2D eigenvalue weighted by Crippen LogP contribution is 2.00. The number of halogens is 1. The molecule has 0 fully saturated rings. The number of alkyl halides is 1. The van der Waals surface area contributed by atoms with Crippen LogP contribution in [0.2, 0.25) is 6.04 Å².